The van der Waals surface area contributed by atoms with Crippen molar-refractivity contribution in [1.29, 1.82) is 0 Å². The second-order valence-corrected chi connectivity index (χ2v) is 6.29. The normalized spacial score (nSPS) is 12.1. The van der Waals surface area contributed by atoms with Gasteiger partial charge in [0.25, 0.3) is 0 Å². The fourth-order valence-corrected chi connectivity index (χ4v) is 2.82. The van der Waals surface area contributed by atoms with Crippen LogP contribution in [0.1, 0.15) is 37.8 Å². The minimum absolute atomic E-state index is 0.110. The van der Waals surface area contributed by atoms with Gasteiger partial charge in [0.2, 0.25) is 0 Å². The lowest BCUT2D eigenvalue weighted by molar-refractivity contribution is 0.223. The molecule has 0 saturated heterocycles. The SMILES string of the molecule is CCOc1cc(CC(CN)c2cccc(OC)c2)ccc1OC(C)C. The third kappa shape index (κ3) is 5.40. The van der Waals surface area contributed by atoms with Gasteiger partial charge in [-0.05, 0) is 69.1 Å². The number of hydrogen-bond donors (Lipinski definition) is 1. The molecule has 2 aromatic rings. The number of rotatable bonds is 9. The van der Waals surface area contributed by atoms with E-state index < -0.39 is 0 Å². The second-order valence-electron chi connectivity index (χ2n) is 6.29. The van der Waals surface area contributed by atoms with E-state index in [9.17, 15) is 0 Å². The summed E-state index contributed by atoms with van der Waals surface area (Å²) in [5.41, 5.74) is 8.40. The Morgan fingerprint density at radius 2 is 1.84 bits per heavy atom. The zero-order valence-corrected chi connectivity index (χ0v) is 15.6. The highest BCUT2D eigenvalue weighted by atomic mass is 16.5. The topological polar surface area (TPSA) is 53.7 Å². The Morgan fingerprint density at radius 1 is 1.04 bits per heavy atom. The lowest BCUT2D eigenvalue weighted by Crippen LogP contribution is -2.15. The Hall–Kier alpha value is -2.20. The molecule has 4 nitrogen and oxygen atoms in total. The fraction of sp³-hybridized carbons (Fsp3) is 0.429. The van der Waals surface area contributed by atoms with Gasteiger partial charge in [-0.2, -0.15) is 0 Å². The highest BCUT2D eigenvalue weighted by Gasteiger charge is 2.14. The number of methoxy groups -OCH3 is 1. The fourth-order valence-electron chi connectivity index (χ4n) is 2.82. The third-order valence-electron chi connectivity index (χ3n) is 4.00. The summed E-state index contributed by atoms with van der Waals surface area (Å²) in [4.78, 5) is 0. The predicted octanol–water partition coefficient (Wildman–Crippen LogP) is 4.17. The Labute approximate surface area is 150 Å². The number of ether oxygens (including phenoxy) is 3. The Balaban J connectivity index is 2.22. The molecular weight excluding hydrogens is 314 g/mol. The van der Waals surface area contributed by atoms with E-state index in [1.807, 2.05) is 39.0 Å². The van der Waals surface area contributed by atoms with Crippen molar-refractivity contribution in [1.82, 2.24) is 0 Å². The van der Waals surface area contributed by atoms with Crippen LogP contribution in [0.4, 0.5) is 0 Å². The molecule has 0 bridgehead atoms. The van der Waals surface area contributed by atoms with Crippen molar-refractivity contribution in [3.8, 4) is 17.2 Å². The van der Waals surface area contributed by atoms with Crippen LogP contribution in [-0.4, -0.2) is 26.4 Å². The van der Waals surface area contributed by atoms with Gasteiger partial charge < -0.3 is 19.9 Å². The maximum atomic E-state index is 6.04. The van der Waals surface area contributed by atoms with Gasteiger partial charge in [-0.1, -0.05) is 18.2 Å². The minimum atomic E-state index is 0.110. The van der Waals surface area contributed by atoms with E-state index in [1.54, 1.807) is 7.11 Å². The number of benzene rings is 2. The lowest BCUT2D eigenvalue weighted by atomic mass is 9.92. The summed E-state index contributed by atoms with van der Waals surface area (Å²) < 4.78 is 16.9. The summed E-state index contributed by atoms with van der Waals surface area (Å²) in [6, 6.07) is 14.2. The van der Waals surface area contributed by atoms with E-state index in [0.29, 0.717) is 13.2 Å². The summed E-state index contributed by atoms with van der Waals surface area (Å²) in [5, 5.41) is 0. The second kappa shape index (κ2) is 9.33. The van der Waals surface area contributed by atoms with Crippen molar-refractivity contribution in [2.45, 2.75) is 39.2 Å². The predicted molar refractivity (Wildman–Crippen MR) is 102 cm³/mol. The number of nitrogens with two attached hydrogens (primary N) is 1. The Bertz CT molecular complexity index is 670. The highest BCUT2D eigenvalue weighted by Crippen LogP contribution is 2.32. The summed E-state index contributed by atoms with van der Waals surface area (Å²) >= 11 is 0. The molecule has 1 atom stereocenters. The first-order chi connectivity index (χ1) is 12.1. The molecule has 0 spiro atoms. The third-order valence-corrected chi connectivity index (χ3v) is 4.00. The van der Waals surface area contributed by atoms with E-state index in [1.165, 1.54) is 11.1 Å². The Morgan fingerprint density at radius 3 is 2.48 bits per heavy atom. The maximum absolute atomic E-state index is 6.04. The summed E-state index contributed by atoms with van der Waals surface area (Å²) in [7, 11) is 1.68. The molecule has 0 aromatic heterocycles. The first-order valence-corrected chi connectivity index (χ1v) is 8.83. The maximum Gasteiger partial charge on any atom is 0.161 e. The molecule has 136 valence electrons. The average molecular weight is 343 g/mol. The molecule has 0 amide bonds. The largest absolute Gasteiger partial charge is 0.497 e. The molecule has 0 heterocycles. The van der Waals surface area contributed by atoms with Crippen molar-refractivity contribution in [3.63, 3.8) is 0 Å². The average Bonchev–Trinajstić information content (AvgIpc) is 2.61. The van der Waals surface area contributed by atoms with E-state index in [2.05, 4.69) is 24.3 Å². The summed E-state index contributed by atoms with van der Waals surface area (Å²) in [6.45, 7) is 7.17. The van der Waals surface area contributed by atoms with Gasteiger partial charge in [-0.15, -0.1) is 0 Å². The quantitative estimate of drug-likeness (QED) is 0.742. The summed E-state index contributed by atoms with van der Waals surface area (Å²) in [5.74, 6) is 2.65. The van der Waals surface area contributed by atoms with Crippen LogP contribution in [0, 0.1) is 0 Å². The van der Waals surface area contributed by atoms with Crippen molar-refractivity contribution in [2.75, 3.05) is 20.3 Å². The molecular formula is C21H29NO3. The zero-order chi connectivity index (χ0) is 18.2. The lowest BCUT2D eigenvalue weighted by Gasteiger charge is -2.19. The van der Waals surface area contributed by atoms with Crippen LogP contribution in [0.15, 0.2) is 42.5 Å². The van der Waals surface area contributed by atoms with Gasteiger partial charge >= 0.3 is 0 Å². The van der Waals surface area contributed by atoms with E-state index >= 15 is 0 Å². The van der Waals surface area contributed by atoms with Gasteiger partial charge in [0, 0.05) is 5.92 Å². The standard InChI is InChI=1S/C21H29NO3/c1-5-24-21-12-16(9-10-20(21)25-15(2)3)11-18(14-22)17-7-6-8-19(13-17)23-4/h6-10,12-13,15,18H,5,11,14,22H2,1-4H3. The van der Waals surface area contributed by atoms with Crippen molar-refractivity contribution in [3.05, 3.63) is 53.6 Å². The molecule has 0 aliphatic heterocycles. The van der Waals surface area contributed by atoms with Crippen LogP contribution < -0.4 is 19.9 Å². The van der Waals surface area contributed by atoms with Crippen LogP contribution in [0.5, 0.6) is 17.2 Å². The van der Waals surface area contributed by atoms with Crippen LogP contribution in [0.2, 0.25) is 0 Å². The van der Waals surface area contributed by atoms with Gasteiger partial charge in [0.1, 0.15) is 5.75 Å². The van der Waals surface area contributed by atoms with E-state index in [-0.39, 0.29) is 12.0 Å². The molecule has 25 heavy (non-hydrogen) atoms. The first-order valence-electron chi connectivity index (χ1n) is 8.83. The van der Waals surface area contributed by atoms with E-state index in [4.69, 9.17) is 19.9 Å². The molecule has 2 N–H and O–H groups in total. The zero-order valence-electron chi connectivity index (χ0n) is 15.6. The molecule has 4 heteroatoms. The van der Waals surface area contributed by atoms with Crippen molar-refractivity contribution >= 4 is 0 Å². The van der Waals surface area contributed by atoms with Crippen LogP contribution in [0.3, 0.4) is 0 Å². The van der Waals surface area contributed by atoms with Crippen molar-refractivity contribution < 1.29 is 14.2 Å². The van der Waals surface area contributed by atoms with Crippen LogP contribution >= 0.6 is 0 Å². The molecule has 2 aromatic carbocycles. The minimum Gasteiger partial charge on any atom is -0.497 e. The van der Waals surface area contributed by atoms with Gasteiger partial charge in [-0.3, -0.25) is 0 Å². The van der Waals surface area contributed by atoms with Gasteiger partial charge in [-0.25, -0.2) is 0 Å². The summed E-state index contributed by atoms with van der Waals surface area (Å²) in [6.07, 6.45) is 0.949. The molecule has 0 saturated carbocycles. The molecule has 0 fully saturated rings. The smallest absolute Gasteiger partial charge is 0.161 e. The molecule has 2 rings (SSSR count). The highest BCUT2D eigenvalue weighted by molar-refractivity contribution is 5.44. The van der Waals surface area contributed by atoms with Gasteiger partial charge in [0.05, 0.1) is 19.8 Å². The van der Waals surface area contributed by atoms with E-state index in [0.717, 1.165) is 23.7 Å². The molecule has 0 radical (unpaired) electrons. The molecule has 0 aliphatic rings. The number of hydrogen-bond acceptors (Lipinski definition) is 4. The van der Waals surface area contributed by atoms with Crippen molar-refractivity contribution in [2.24, 2.45) is 5.73 Å². The molecule has 0 aliphatic carbocycles. The first kappa shape index (κ1) is 19.1. The van der Waals surface area contributed by atoms with Crippen LogP contribution in [-0.2, 0) is 6.42 Å². The Kier molecular flexibility index (Phi) is 7.14. The van der Waals surface area contributed by atoms with Crippen LogP contribution in [0.25, 0.3) is 0 Å². The van der Waals surface area contributed by atoms with Gasteiger partial charge in [0.15, 0.2) is 11.5 Å². The monoisotopic (exact) mass is 343 g/mol. The molecule has 1 unspecified atom stereocenters.